The molecule has 3 fully saturated rings. The maximum atomic E-state index is 12.8. The van der Waals surface area contributed by atoms with Gasteiger partial charge in [-0.3, -0.25) is 9.80 Å². The fourth-order valence-electron chi connectivity index (χ4n) is 6.05. The number of aryl methyl sites for hydroxylation is 1. The highest BCUT2D eigenvalue weighted by molar-refractivity contribution is 7.89. The highest BCUT2D eigenvalue weighted by atomic mass is 32.2. The number of morpholine rings is 1. The first-order valence-corrected chi connectivity index (χ1v) is 15.5. The molecule has 5 rings (SSSR count). The Bertz CT molecular complexity index is 1160. The van der Waals surface area contributed by atoms with Crippen LogP contribution in [0.5, 0.6) is 0 Å². The molecule has 1 spiro atoms. The van der Waals surface area contributed by atoms with E-state index >= 15 is 0 Å². The van der Waals surface area contributed by atoms with Crippen molar-refractivity contribution in [2.24, 2.45) is 0 Å². The van der Waals surface area contributed by atoms with Crippen LogP contribution in [0.4, 0.5) is 0 Å². The van der Waals surface area contributed by atoms with E-state index in [1.54, 1.807) is 12.1 Å². The standard InChI is InChI=1S/C27H43N7O3S/c1-22-26(20-33-15-13-29-21-27(33)8-11-28-12-9-27)23(2)34(31-22)24-4-6-25(7-5-24)38(35,36)30-10-3-14-32-16-18-37-19-17-32/h4-7,28-30H,3,8-21H2,1-2H3. The average molecular weight is 546 g/mol. The maximum Gasteiger partial charge on any atom is 0.240 e. The number of nitrogens with zero attached hydrogens (tertiary/aromatic N) is 4. The van der Waals surface area contributed by atoms with Gasteiger partial charge in [0.1, 0.15) is 0 Å². The Balaban J connectivity index is 1.23. The molecule has 210 valence electrons. The zero-order valence-corrected chi connectivity index (χ0v) is 23.7. The molecule has 0 atom stereocenters. The number of benzene rings is 1. The predicted octanol–water partition coefficient (Wildman–Crippen LogP) is 1.02. The molecule has 1 aromatic carbocycles. The van der Waals surface area contributed by atoms with Crippen LogP contribution in [0.1, 0.15) is 36.2 Å². The van der Waals surface area contributed by atoms with Gasteiger partial charge in [0.25, 0.3) is 0 Å². The number of hydrogen-bond donors (Lipinski definition) is 3. The van der Waals surface area contributed by atoms with Crippen LogP contribution in [-0.4, -0.2) is 106 Å². The number of rotatable bonds is 9. The molecule has 1 aromatic heterocycles. The lowest BCUT2D eigenvalue weighted by Crippen LogP contribution is -2.64. The molecule has 0 radical (unpaired) electrons. The number of nitrogens with one attached hydrogen (secondary N) is 3. The summed E-state index contributed by atoms with van der Waals surface area (Å²) in [6.07, 6.45) is 3.09. The van der Waals surface area contributed by atoms with E-state index in [2.05, 4.69) is 39.0 Å². The minimum atomic E-state index is -3.55. The Morgan fingerprint density at radius 3 is 2.50 bits per heavy atom. The summed E-state index contributed by atoms with van der Waals surface area (Å²) in [5.74, 6) is 0. The summed E-state index contributed by atoms with van der Waals surface area (Å²) in [6, 6.07) is 7.06. The summed E-state index contributed by atoms with van der Waals surface area (Å²) in [6.45, 7) is 14.9. The zero-order valence-electron chi connectivity index (χ0n) is 22.8. The Labute approximate surface area is 227 Å². The molecule has 10 nitrogen and oxygen atoms in total. The van der Waals surface area contributed by atoms with Gasteiger partial charge in [-0.25, -0.2) is 17.8 Å². The molecular formula is C27H43N7O3S. The second kappa shape index (κ2) is 12.1. The van der Waals surface area contributed by atoms with E-state index in [-0.39, 0.29) is 10.4 Å². The summed E-state index contributed by atoms with van der Waals surface area (Å²) in [7, 11) is -3.55. The normalized spacial score (nSPS) is 21.2. The van der Waals surface area contributed by atoms with Crippen molar-refractivity contribution in [3.8, 4) is 5.69 Å². The summed E-state index contributed by atoms with van der Waals surface area (Å²) in [5, 5.41) is 12.0. The maximum absolute atomic E-state index is 12.8. The number of aromatic nitrogens is 2. The van der Waals surface area contributed by atoms with Crippen LogP contribution in [0.2, 0.25) is 0 Å². The molecule has 2 aromatic rings. The third-order valence-corrected chi connectivity index (χ3v) is 9.92. The van der Waals surface area contributed by atoms with Crippen molar-refractivity contribution in [2.45, 2.75) is 50.1 Å². The SMILES string of the molecule is Cc1nn(-c2ccc(S(=O)(=O)NCCCN3CCOCC3)cc2)c(C)c1CN1CCNCC12CCNCC2. The quantitative estimate of drug-likeness (QED) is 0.402. The molecule has 0 amide bonds. The van der Waals surface area contributed by atoms with E-state index in [0.717, 1.165) is 108 Å². The largest absolute Gasteiger partial charge is 0.379 e. The van der Waals surface area contributed by atoms with Gasteiger partial charge in [-0.15, -0.1) is 0 Å². The van der Waals surface area contributed by atoms with Gasteiger partial charge in [0.05, 0.1) is 29.5 Å². The van der Waals surface area contributed by atoms with E-state index in [0.29, 0.717) is 6.54 Å². The smallest absolute Gasteiger partial charge is 0.240 e. The van der Waals surface area contributed by atoms with Gasteiger partial charge in [-0.05, 0) is 77.0 Å². The lowest BCUT2D eigenvalue weighted by molar-refractivity contribution is 0.0260. The molecule has 3 aliphatic heterocycles. The van der Waals surface area contributed by atoms with Crippen molar-refractivity contribution >= 4 is 10.0 Å². The Morgan fingerprint density at radius 2 is 1.76 bits per heavy atom. The minimum absolute atomic E-state index is 0.204. The predicted molar refractivity (Wildman–Crippen MR) is 148 cm³/mol. The fraction of sp³-hybridized carbons (Fsp3) is 0.667. The van der Waals surface area contributed by atoms with Crippen LogP contribution in [0.15, 0.2) is 29.2 Å². The minimum Gasteiger partial charge on any atom is -0.379 e. The fourth-order valence-corrected chi connectivity index (χ4v) is 7.12. The molecular weight excluding hydrogens is 502 g/mol. The lowest BCUT2D eigenvalue weighted by atomic mass is 9.84. The van der Waals surface area contributed by atoms with E-state index in [4.69, 9.17) is 9.84 Å². The van der Waals surface area contributed by atoms with Crippen molar-refractivity contribution in [3.05, 3.63) is 41.2 Å². The van der Waals surface area contributed by atoms with Crippen molar-refractivity contribution in [3.63, 3.8) is 0 Å². The molecule has 0 bridgehead atoms. The Kier molecular flexibility index (Phi) is 8.83. The molecule has 4 heterocycles. The van der Waals surface area contributed by atoms with Crippen molar-refractivity contribution in [2.75, 3.05) is 72.1 Å². The van der Waals surface area contributed by atoms with Crippen LogP contribution in [0.3, 0.4) is 0 Å². The molecule has 0 aliphatic carbocycles. The van der Waals surface area contributed by atoms with Gasteiger partial charge < -0.3 is 15.4 Å². The number of ether oxygens (including phenoxy) is 1. The molecule has 0 unspecified atom stereocenters. The Hall–Kier alpha value is -1.86. The molecule has 38 heavy (non-hydrogen) atoms. The van der Waals surface area contributed by atoms with Gasteiger partial charge in [-0.2, -0.15) is 5.10 Å². The highest BCUT2D eigenvalue weighted by Crippen LogP contribution is 2.31. The van der Waals surface area contributed by atoms with Crippen LogP contribution in [-0.2, 0) is 21.3 Å². The summed E-state index contributed by atoms with van der Waals surface area (Å²) >= 11 is 0. The van der Waals surface area contributed by atoms with E-state index in [1.165, 1.54) is 5.56 Å². The van der Waals surface area contributed by atoms with E-state index in [9.17, 15) is 8.42 Å². The summed E-state index contributed by atoms with van der Waals surface area (Å²) < 4.78 is 35.8. The first kappa shape index (κ1) is 27.7. The van der Waals surface area contributed by atoms with Crippen LogP contribution >= 0.6 is 0 Å². The van der Waals surface area contributed by atoms with E-state index in [1.807, 2.05) is 16.8 Å². The highest BCUT2D eigenvalue weighted by Gasteiger charge is 2.40. The summed E-state index contributed by atoms with van der Waals surface area (Å²) in [5.41, 5.74) is 4.49. The zero-order chi connectivity index (χ0) is 26.6. The topological polar surface area (TPSA) is 104 Å². The third kappa shape index (κ3) is 6.14. The number of piperazine rings is 1. The van der Waals surface area contributed by atoms with Gasteiger partial charge in [0, 0.05) is 62.6 Å². The van der Waals surface area contributed by atoms with Crippen molar-refractivity contribution < 1.29 is 13.2 Å². The van der Waals surface area contributed by atoms with Crippen LogP contribution in [0, 0.1) is 13.8 Å². The van der Waals surface area contributed by atoms with Crippen LogP contribution in [0.25, 0.3) is 5.69 Å². The van der Waals surface area contributed by atoms with Gasteiger partial charge in [-0.1, -0.05) is 0 Å². The second-order valence-electron chi connectivity index (χ2n) is 10.8. The average Bonchev–Trinajstić information content (AvgIpc) is 3.22. The number of sulfonamides is 1. The van der Waals surface area contributed by atoms with Crippen LogP contribution < -0.4 is 15.4 Å². The molecule has 3 N–H and O–H groups in total. The Morgan fingerprint density at radius 1 is 1.03 bits per heavy atom. The molecule has 0 saturated carbocycles. The molecule has 11 heteroatoms. The summed E-state index contributed by atoms with van der Waals surface area (Å²) in [4.78, 5) is 5.25. The first-order valence-electron chi connectivity index (χ1n) is 14.0. The lowest BCUT2D eigenvalue weighted by Gasteiger charge is -2.50. The number of piperidine rings is 1. The van der Waals surface area contributed by atoms with Crippen molar-refractivity contribution in [1.82, 2.24) is 34.9 Å². The van der Waals surface area contributed by atoms with Gasteiger partial charge in [0.15, 0.2) is 0 Å². The third-order valence-electron chi connectivity index (χ3n) is 8.45. The monoisotopic (exact) mass is 545 g/mol. The number of hydrogen-bond acceptors (Lipinski definition) is 8. The van der Waals surface area contributed by atoms with Crippen molar-refractivity contribution in [1.29, 1.82) is 0 Å². The molecule has 3 saturated heterocycles. The molecule has 3 aliphatic rings. The second-order valence-corrected chi connectivity index (χ2v) is 12.6. The van der Waals surface area contributed by atoms with Gasteiger partial charge in [0.2, 0.25) is 10.0 Å². The van der Waals surface area contributed by atoms with Gasteiger partial charge >= 0.3 is 0 Å². The van der Waals surface area contributed by atoms with E-state index < -0.39 is 10.0 Å². The first-order chi connectivity index (χ1) is 18.4.